The van der Waals surface area contributed by atoms with E-state index >= 15 is 0 Å². The fourth-order valence-electron chi connectivity index (χ4n) is 3.67. The van der Waals surface area contributed by atoms with Crippen LogP contribution >= 0.6 is 7.82 Å². The summed E-state index contributed by atoms with van der Waals surface area (Å²) in [5.41, 5.74) is 5.29. The average molecular weight is 549 g/mol. The number of aliphatic hydroxyl groups excluding tert-OH is 2. The molecule has 0 aliphatic carbocycles. The Morgan fingerprint density at radius 3 is 2.19 bits per heavy atom. The SMILES string of the molecule is CCC/C=C/CC/C=C/C(O)C(COP(=O)(O)OCCN)NC(=O)CC(O)CCCCCCCCCC. The number of nitrogens with two attached hydrogens (primary N) is 1. The number of nitrogens with one attached hydrogen (secondary N) is 1. The van der Waals surface area contributed by atoms with Crippen LogP contribution in [-0.4, -0.2) is 59.0 Å². The number of hydrogen-bond acceptors (Lipinski definition) is 7. The minimum atomic E-state index is -4.38. The van der Waals surface area contributed by atoms with E-state index in [1.165, 1.54) is 38.2 Å². The lowest BCUT2D eigenvalue weighted by atomic mass is 10.0. The minimum Gasteiger partial charge on any atom is -0.393 e. The highest BCUT2D eigenvalue weighted by Crippen LogP contribution is 2.43. The number of amides is 1. The Balaban J connectivity index is 4.68. The predicted molar refractivity (Wildman–Crippen MR) is 149 cm³/mol. The molecule has 0 fully saturated rings. The van der Waals surface area contributed by atoms with E-state index in [2.05, 4.69) is 31.3 Å². The first-order chi connectivity index (χ1) is 17.8. The lowest BCUT2D eigenvalue weighted by molar-refractivity contribution is -0.124. The lowest BCUT2D eigenvalue weighted by Crippen LogP contribution is -2.46. The second kappa shape index (κ2) is 24.0. The van der Waals surface area contributed by atoms with Crippen molar-refractivity contribution in [3.63, 3.8) is 0 Å². The topological polar surface area (TPSA) is 151 Å². The molecule has 0 saturated carbocycles. The van der Waals surface area contributed by atoms with Crippen molar-refractivity contribution < 1.29 is 33.5 Å². The van der Waals surface area contributed by atoms with Gasteiger partial charge in [0.15, 0.2) is 0 Å². The first-order valence-corrected chi connectivity index (χ1v) is 15.5. The molecule has 0 aliphatic heterocycles. The maximum atomic E-state index is 12.5. The van der Waals surface area contributed by atoms with Gasteiger partial charge in [-0.05, 0) is 25.7 Å². The molecule has 1 amide bonds. The molecule has 0 heterocycles. The zero-order valence-corrected chi connectivity index (χ0v) is 24.0. The Morgan fingerprint density at radius 1 is 0.919 bits per heavy atom. The molecule has 0 aromatic carbocycles. The zero-order chi connectivity index (χ0) is 27.8. The van der Waals surface area contributed by atoms with Crippen LogP contribution in [0.5, 0.6) is 0 Å². The van der Waals surface area contributed by atoms with Crippen LogP contribution < -0.4 is 11.1 Å². The highest BCUT2D eigenvalue weighted by Gasteiger charge is 2.27. The van der Waals surface area contributed by atoms with Gasteiger partial charge < -0.3 is 26.2 Å². The van der Waals surface area contributed by atoms with Gasteiger partial charge in [0.25, 0.3) is 0 Å². The van der Waals surface area contributed by atoms with Crippen LogP contribution in [-0.2, 0) is 18.4 Å². The van der Waals surface area contributed by atoms with Gasteiger partial charge in [-0.2, -0.15) is 0 Å². The average Bonchev–Trinajstić information content (AvgIpc) is 2.86. The number of allylic oxidation sites excluding steroid dienone is 3. The molecule has 4 atom stereocenters. The Hall–Kier alpha value is -1.06. The number of unbranched alkanes of at least 4 members (excludes halogenated alkanes) is 9. The third kappa shape index (κ3) is 22.6. The molecule has 218 valence electrons. The van der Waals surface area contributed by atoms with Crippen molar-refractivity contribution in [2.45, 2.75) is 122 Å². The van der Waals surface area contributed by atoms with Crippen LogP contribution in [0.3, 0.4) is 0 Å². The summed E-state index contributed by atoms with van der Waals surface area (Å²) < 4.78 is 21.7. The molecule has 0 aromatic rings. The summed E-state index contributed by atoms with van der Waals surface area (Å²) in [6.45, 7) is 3.74. The van der Waals surface area contributed by atoms with E-state index in [-0.39, 0.29) is 19.6 Å². The van der Waals surface area contributed by atoms with E-state index in [0.29, 0.717) is 12.8 Å². The van der Waals surface area contributed by atoms with Gasteiger partial charge in [-0.25, -0.2) is 4.57 Å². The molecule has 0 aliphatic rings. The largest absolute Gasteiger partial charge is 0.472 e. The van der Waals surface area contributed by atoms with Crippen LogP contribution in [0.25, 0.3) is 0 Å². The third-order valence-corrected chi connectivity index (χ3v) is 6.80. The number of phosphoric ester groups is 1. The van der Waals surface area contributed by atoms with Crippen molar-refractivity contribution in [3.8, 4) is 0 Å². The molecule has 0 radical (unpaired) electrons. The van der Waals surface area contributed by atoms with Crippen molar-refractivity contribution in [1.82, 2.24) is 5.32 Å². The molecule has 0 bridgehead atoms. The molecule has 0 saturated heterocycles. The molecular formula is C27H53N2O7P. The second-order valence-electron chi connectivity index (χ2n) is 9.44. The number of aliphatic hydroxyl groups is 2. The molecule has 4 unspecified atom stereocenters. The van der Waals surface area contributed by atoms with Crippen molar-refractivity contribution in [3.05, 3.63) is 24.3 Å². The van der Waals surface area contributed by atoms with Crippen LogP contribution in [0.2, 0.25) is 0 Å². The van der Waals surface area contributed by atoms with Gasteiger partial charge in [0, 0.05) is 6.54 Å². The van der Waals surface area contributed by atoms with Gasteiger partial charge >= 0.3 is 7.82 Å². The smallest absolute Gasteiger partial charge is 0.393 e. The van der Waals surface area contributed by atoms with Gasteiger partial charge in [-0.15, -0.1) is 0 Å². The molecule has 37 heavy (non-hydrogen) atoms. The first kappa shape index (κ1) is 35.9. The molecule has 0 rings (SSSR count). The number of carbonyl (C=O) groups excluding carboxylic acids is 1. The Bertz CT molecular complexity index is 661. The summed E-state index contributed by atoms with van der Waals surface area (Å²) in [6, 6.07) is -0.989. The van der Waals surface area contributed by atoms with Crippen molar-refractivity contribution in [2.24, 2.45) is 5.73 Å². The van der Waals surface area contributed by atoms with Gasteiger partial charge in [0.1, 0.15) is 0 Å². The summed E-state index contributed by atoms with van der Waals surface area (Å²) in [7, 11) is -4.38. The number of phosphoric acid groups is 1. The summed E-state index contributed by atoms with van der Waals surface area (Å²) in [4.78, 5) is 22.3. The van der Waals surface area contributed by atoms with Gasteiger partial charge in [0.2, 0.25) is 5.91 Å². The first-order valence-electron chi connectivity index (χ1n) is 14.0. The lowest BCUT2D eigenvalue weighted by Gasteiger charge is -2.24. The highest BCUT2D eigenvalue weighted by atomic mass is 31.2. The maximum Gasteiger partial charge on any atom is 0.472 e. The van der Waals surface area contributed by atoms with Crippen LogP contribution in [0.15, 0.2) is 24.3 Å². The second-order valence-corrected chi connectivity index (χ2v) is 10.9. The number of hydrogen-bond donors (Lipinski definition) is 5. The number of carbonyl (C=O) groups is 1. The van der Waals surface area contributed by atoms with Gasteiger partial charge in [-0.1, -0.05) is 95.9 Å². The fourth-order valence-corrected chi connectivity index (χ4v) is 4.43. The molecular weight excluding hydrogens is 495 g/mol. The Labute approximate surface area is 224 Å². The van der Waals surface area contributed by atoms with E-state index in [1.807, 2.05) is 0 Å². The quantitative estimate of drug-likeness (QED) is 0.0614. The molecule has 10 heteroatoms. The van der Waals surface area contributed by atoms with E-state index in [9.17, 15) is 24.5 Å². The van der Waals surface area contributed by atoms with Crippen LogP contribution in [0.4, 0.5) is 0 Å². The monoisotopic (exact) mass is 548 g/mol. The normalized spacial score (nSPS) is 16.2. The highest BCUT2D eigenvalue weighted by molar-refractivity contribution is 7.47. The van der Waals surface area contributed by atoms with E-state index < -0.39 is 38.6 Å². The Kier molecular flexibility index (Phi) is 23.3. The number of rotatable bonds is 25. The molecule has 9 nitrogen and oxygen atoms in total. The fraction of sp³-hybridized carbons (Fsp3) is 0.815. The summed E-state index contributed by atoms with van der Waals surface area (Å²) in [6.07, 6.45) is 18.8. The maximum absolute atomic E-state index is 12.5. The van der Waals surface area contributed by atoms with Gasteiger partial charge in [-0.3, -0.25) is 13.8 Å². The summed E-state index contributed by atoms with van der Waals surface area (Å²) >= 11 is 0. The standard InChI is InChI=1S/C27H53N2O7P/c1-3-5-7-9-11-13-14-16-18-24(30)22-27(32)29-25(23-36-37(33,34)35-21-20-28)26(31)19-17-15-12-10-8-6-4-2/h8,10,17,19,24-26,30-31H,3-7,9,11-16,18,20-23,28H2,1-2H3,(H,29,32)(H,33,34)/b10-8+,19-17+. The van der Waals surface area contributed by atoms with Crippen molar-refractivity contribution in [1.29, 1.82) is 0 Å². The van der Waals surface area contributed by atoms with Crippen LogP contribution in [0, 0.1) is 0 Å². The summed E-state index contributed by atoms with van der Waals surface area (Å²) in [5.74, 6) is -0.466. The third-order valence-electron chi connectivity index (χ3n) is 5.82. The van der Waals surface area contributed by atoms with Gasteiger partial charge in [0.05, 0.1) is 37.9 Å². The van der Waals surface area contributed by atoms with Crippen molar-refractivity contribution >= 4 is 13.7 Å². The molecule has 0 spiro atoms. The molecule has 0 aromatic heterocycles. The summed E-state index contributed by atoms with van der Waals surface area (Å²) in [5, 5.41) is 23.5. The van der Waals surface area contributed by atoms with Crippen LogP contribution in [0.1, 0.15) is 104 Å². The Morgan fingerprint density at radius 2 is 1.54 bits per heavy atom. The van der Waals surface area contributed by atoms with Crippen molar-refractivity contribution in [2.75, 3.05) is 19.8 Å². The zero-order valence-electron chi connectivity index (χ0n) is 23.1. The molecule has 6 N–H and O–H groups in total. The van der Waals surface area contributed by atoms with E-state index in [1.54, 1.807) is 6.08 Å². The minimum absolute atomic E-state index is 0.0445. The van der Waals surface area contributed by atoms with E-state index in [4.69, 9.17) is 14.8 Å². The van der Waals surface area contributed by atoms with E-state index in [0.717, 1.165) is 38.5 Å². The predicted octanol–water partition coefficient (Wildman–Crippen LogP) is 4.90.